The number of carbonyl (C=O) groups is 1. The molecule has 2 aromatic rings. The average Bonchev–Trinajstić information content (AvgIpc) is 2.79. The van der Waals surface area contributed by atoms with Crippen LogP contribution in [0.1, 0.15) is 31.0 Å². The van der Waals surface area contributed by atoms with Crippen molar-refractivity contribution < 1.29 is 19.0 Å². The average molecular weight is 515 g/mol. The van der Waals surface area contributed by atoms with Crippen LogP contribution in [0, 0.1) is 12.3 Å². The summed E-state index contributed by atoms with van der Waals surface area (Å²) in [5.74, 6) is 3.01. The maximum Gasteiger partial charge on any atom is 0.338 e. The first-order valence-corrected chi connectivity index (χ1v) is 11.3. The van der Waals surface area contributed by atoms with Crippen molar-refractivity contribution in [3.63, 3.8) is 0 Å². The second kappa shape index (κ2) is 11.0. The number of thiocarbonyl (C=S) groups is 1. The minimum atomic E-state index is -0.590. The number of rotatable bonds is 8. The van der Waals surface area contributed by atoms with Gasteiger partial charge in [-0.05, 0) is 49.3 Å². The van der Waals surface area contributed by atoms with Crippen LogP contribution in [0.15, 0.2) is 52.5 Å². The van der Waals surface area contributed by atoms with Crippen molar-refractivity contribution in [2.75, 3.05) is 19.8 Å². The molecule has 0 amide bonds. The van der Waals surface area contributed by atoms with E-state index in [-0.39, 0.29) is 13.2 Å². The smallest absolute Gasteiger partial charge is 0.338 e. The third-order valence-electron chi connectivity index (χ3n) is 4.61. The molecule has 1 heterocycles. The molecule has 0 aromatic heterocycles. The number of hydrogen-bond donors (Lipinski definition) is 2. The lowest BCUT2D eigenvalue weighted by atomic mass is 9.92. The zero-order chi connectivity index (χ0) is 23.1. The number of nitrogens with one attached hydrogen (secondary N) is 2. The maximum absolute atomic E-state index is 13.1. The van der Waals surface area contributed by atoms with Crippen molar-refractivity contribution in [2.24, 2.45) is 0 Å². The lowest BCUT2D eigenvalue weighted by Crippen LogP contribution is -2.45. The number of halogens is 1. The highest BCUT2D eigenvalue weighted by atomic mass is 79.9. The summed E-state index contributed by atoms with van der Waals surface area (Å²) in [5, 5.41) is 6.71. The van der Waals surface area contributed by atoms with Gasteiger partial charge in [0, 0.05) is 4.47 Å². The van der Waals surface area contributed by atoms with Crippen molar-refractivity contribution >= 4 is 44.9 Å². The van der Waals surface area contributed by atoms with E-state index in [1.807, 2.05) is 43.3 Å². The van der Waals surface area contributed by atoms with Crippen LogP contribution < -0.4 is 20.1 Å². The molecule has 1 aliphatic heterocycles. The fraction of sp³-hybridized carbons (Fsp3) is 0.250. The third kappa shape index (κ3) is 5.23. The molecule has 0 bridgehead atoms. The van der Waals surface area contributed by atoms with Gasteiger partial charge in [0.25, 0.3) is 0 Å². The van der Waals surface area contributed by atoms with Crippen molar-refractivity contribution in [3.8, 4) is 23.8 Å². The van der Waals surface area contributed by atoms with Gasteiger partial charge in [-0.1, -0.05) is 52.2 Å². The summed E-state index contributed by atoms with van der Waals surface area (Å²) < 4.78 is 17.5. The molecule has 166 valence electrons. The van der Waals surface area contributed by atoms with Gasteiger partial charge >= 0.3 is 5.97 Å². The number of ether oxygens (including phenoxy) is 3. The van der Waals surface area contributed by atoms with Gasteiger partial charge in [0.15, 0.2) is 16.6 Å². The normalized spacial score (nSPS) is 15.3. The molecule has 0 saturated carbocycles. The van der Waals surface area contributed by atoms with Crippen molar-refractivity contribution in [2.45, 2.75) is 19.9 Å². The Labute approximate surface area is 201 Å². The van der Waals surface area contributed by atoms with Gasteiger partial charge in [-0.25, -0.2) is 4.79 Å². The molecule has 0 spiro atoms. The summed E-state index contributed by atoms with van der Waals surface area (Å²) in [7, 11) is 0. The molecule has 3 rings (SSSR count). The minimum Gasteiger partial charge on any atom is -0.490 e. The molecule has 2 N–H and O–H groups in total. The van der Waals surface area contributed by atoms with Gasteiger partial charge in [0.1, 0.15) is 6.61 Å². The second-order valence-corrected chi connectivity index (χ2v) is 7.92. The number of esters is 1. The fourth-order valence-corrected chi connectivity index (χ4v) is 4.10. The maximum atomic E-state index is 13.1. The Bertz CT molecular complexity index is 1080. The topological polar surface area (TPSA) is 68.8 Å². The first-order valence-electron chi connectivity index (χ1n) is 10.1. The van der Waals surface area contributed by atoms with E-state index in [4.69, 9.17) is 32.9 Å². The Kier molecular flexibility index (Phi) is 8.14. The molecule has 0 radical (unpaired) electrons. The number of hydrogen-bond acceptors (Lipinski definition) is 5. The summed E-state index contributed by atoms with van der Waals surface area (Å²) in [6.45, 7) is 4.42. The quantitative estimate of drug-likeness (QED) is 0.308. The fourth-order valence-electron chi connectivity index (χ4n) is 3.33. The molecule has 1 aliphatic rings. The van der Waals surface area contributed by atoms with Crippen LogP contribution in [0.25, 0.3) is 5.70 Å². The lowest BCUT2D eigenvalue weighted by molar-refractivity contribution is -0.138. The van der Waals surface area contributed by atoms with Crippen LogP contribution in [0.2, 0.25) is 0 Å². The predicted octanol–water partition coefficient (Wildman–Crippen LogP) is 4.35. The van der Waals surface area contributed by atoms with Crippen LogP contribution in [0.4, 0.5) is 0 Å². The summed E-state index contributed by atoms with van der Waals surface area (Å²) in [6, 6.07) is 12.5. The first-order chi connectivity index (χ1) is 15.5. The molecule has 8 heteroatoms. The standard InChI is InChI=1S/C24H23BrN2O4S/c1-4-12-31-19-14-17(25)16(13-18(19)29-5-2)22-20(23(28)30-6-3)21(26-24(32)27-22)15-10-8-7-9-11-15/h1,7-11,13-14,22H,5-6,12H2,2-3H3,(H2,26,27,32)/t22-/m0/s1. The zero-order valence-corrected chi connectivity index (χ0v) is 20.1. The monoisotopic (exact) mass is 514 g/mol. The molecule has 2 aromatic carbocycles. The first kappa shape index (κ1) is 23.6. The Morgan fingerprint density at radius 1 is 1.16 bits per heavy atom. The Hall–Kier alpha value is -3.02. The van der Waals surface area contributed by atoms with Gasteiger partial charge in [-0.2, -0.15) is 0 Å². The van der Waals surface area contributed by atoms with Crippen molar-refractivity contribution in [3.05, 3.63) is 63.6 Å². The van der Waals surface area contributed by atoms with Gasteiger partial charge in [-0.3, -0.25) is 0 Å². The Morgan fingerprint density at radius 2 is 1.88 bits per heavy atom. The van der Waals surface area contributed by atoms with E-state index in [9.17, 15) is 4.79 Å². The minimum absolute atomic E-state index is 0.105. The Balaban J connectivity index is 2.19. The largest absolute Gasteiger partial charge is 0.490 e. The molecule has 32 heavy (non-hydrogen) atoms. The molecule has 0 unspecified atom stereocenters. The van der Waals surface area contributed by atoms with E-state index in [0.29, 0.717) is 39.0 Å². The van der Waals surface area contributed by atoms with E-state index < -0.39 is 12.0 Å². The van der Waals surface area contributed by atoms with Gasteiger partial charge in [0.2, 0.25) is 0 Å². The molecule has 0 aliphatic carbocycles. The SMILES string of the molecule is C#CCOc1cc(Br)c([C@@H]2NC(=S)NC(c3ccccc3)=C2C(=O)OCC)cc1OCC. The van der Waals surface area contributed by atoms with Crippen LogP contribution in [0.5, 0.6) is 11.5 Å². The van der Waals surface area contributed by atoms with Crippen molar-refractivity contribution in [1.82, 2.24) is 10.6 Å². The van der Waals surface area contributed by atoms with Gasteiger partial charge < -0.3 is 24.8 Å². The highest BCUT2D eigenvalue weighted by Crippen LogP contribution is 2.41. The van der Waals surface area contributed by atoms with E-state index in [1.54, 1.807) is 13.0 Å². The highest BCUT2D eigenvalue weighted by Gasteiger charge is 2.34. The summed E-state index contributed by atoms with van der Waals surface area (Å²) in [6.07, 6.45) is 5.33. The molecule has 0 saturated heterocycles. The summed E-state index contributed by atoms with van der Waals surface area (Å²) >= 11 is 9.08. The van der Waals surface area contributed by atoms with Gasteiger partial charge in [0.05, 0.1) is 30.5 Å². The van der Waals surface area contributed by atoms with E-state index in [0.717, 1.165) is 11.1 Å². The lowest BCUT2D eigenvalue weighted by Gasteiger charge is -2.32. The molecule has 0 fully saturated rings. The summed E-state index contributed by atoms with van der Waals surface area (Å²) in [5.41, 5.74) is 2.56. The number of terminal acetylenes is 1. The molecular formula is C24H23BrN2O4S. The number of carbonyl (C=O) groups excluding carboxylic acids is 1. The van der Waals surface area contributed by atoms with E-state index >= 15 is 0 Å². The molecule has 6 nitrogen and oxygen atoms in total. The van der Waals surface area contributed by atoms with Crippen molar-refractivity contribution in [1.29, 1.82) is 0 Å². The number of benzene rings is 2. The Morgan fingerprint density at radius 3 is 2.53 bits per heavy atom. The second-order valence-electron chi connectivity index (χ2n) is 6.65. The molecule has 1 atom stereocenters. The van der Waals surface area contributed by atoms with E-state index in [1.165, 1.54) is 0 Å². The summed E-state index contributed by atoms with van der Waals surface area (Å²) in [4.78, 5) is 13.1. The van der Waals surface area contributed by atoms with Crippen LogP contribution in [0.3, 0.4) is 0 Å². The molecular weight excluding hydrogens is 492 g/mol. The van der Waals surface area contributed by atoms with Crippen LogP contribution in [-0.2, 0) is 9.53 Å². The van der Waals surface area contributed by atoms with Crippen LogP contribution in [-0.4, -0.2) is 30.9 Å². The predicted molar refractivity (Wildman–Crippen MR) is 131 cm³/mol. The van der Waals surface area contributed by atoms with E-state index in [2.05, 4.69) is 32.5 Å². The highest BCUT2D eigenvalue weighted by molar-refractivity contribution is 9.10. The van der Waals surface area contributed by atoms with Crippen LogP contribution >= 0.6 is 28.1 Å². The third-order valence-corrected chi connectivity index (χ3v) is 5.52. The van der Waals surface area contributed by atoms with Gasteiger partial charge in [-0.15, -0.1) is 6.42 Å². The zero-order valence-electron chi connectivity index (χ0n) is 17.7.